The fourth-order valence-electron chi connectivity index (χ4n) is 3.01. The van der Waals surface area contributed by atoms with Crippen molar-refractivity contribution in [1.29, 1.82) is 0 Å². The number of H-pyrrole nitrogens is 1. The summed E-state index contributed by atoms with van der Waals surface area (Å²) in [7, 11) is 1.55. The van der Waals surface area contributed by atoms with Crippen LogP contribution in [0.2, 0.25) is 0 Å². The highest BCUT2D eigenvalue weighted by atomic mass is 32.2. The minimum atomic E-state index is -0.506. The quantitative estimate of drug-likeness (QED) is 0.237. The Bertz CT molecular complexity index is 1390. The molecule has 0 aliphatic heterocycles. The molecule has 2 aromatic carbocycles. The van der Waals surface area contributed by atoms with Crippen LogP contribution in [0.15, 0.2) is 75.3 Å². The first kappa shape index (κ1) is 21.9. The average molecular weight is 459 g/mol. The van der Waals surface area contributed by atoms with Crippen LogP contribution < -0.4 is 15.6 Å². The lowest BCUT2D eigenvalue weighted by Gasteiger charge is -2.09. The lowest BCUT2D eigenvalue weighted by molar-refractivity contribution is 0.0988. The van der Waals surface area contributed by atoms with E-state index in [1.807, 2.05) is 18.2 Å². The molecule has 164 valence electrons. The van der Waals surface area contributed by atoms with E-state index >= 15 is 0 Å². The maximum absolute atomic E-state index is 12.5. The van der Waals surface area contributed by atoms with Gasteiger partial charge in [-0.05, 0) is 35.4 Å². The number of carbonyl (C=O) groups is 1. The Morgan fingerprint density at radius 1 is 1.24 bits per heavy atom. The van der Waals surface area contributed by atoms with Gasteiger partial charge in [-0.15, -0.1) is 0 Å². The number of aromatic amines is 1. The Morgan fingerprint density at radius 3 is 2.85 bits per heavy atom. The third kappa shape index (κ3) is 5.11. The van der Waals surface area contributed by atoms with Crippen LogP contribution in [-0.4, -0.2) is 28.1 Å². The smallest absolute Gasteiger partial charge is 0.294 e. The van der Waals surface area contributed by atoms with Gasteiger partial charge in [-0.3, -0.25) is 9.59 Å². The molecule has 0 aliphatic rings. The topological polar surface area (TPSA) is 114 Å². The molecule has 9 nitrogen and oxygen atoms in total. The van der Waals surface area contributed by atoms with Crippen LogP contribution in [0, 0.1) is 6.57 Å². The second-order valence-electron chi connectivity index (χ2n) is 6.73. The fraction of sp³-hybridized carbons (Fsp3) is 0.0870. The Hall–Kier alpha value is -4.36. The minimum Gasteiger partial charge on any atom is -0.497 e. The number of carbonyl (C=O) groups excluding carboxylic acids is 1. The van der Waals surface area contributed by atoms with Crippen molar-refractivity contribution in [3.63, 3.8) is 0 Å². The Labute approximate surface area is 192 Å². The van der Waals surface area contributed by atoms with Crippen LogP contribution in [0.5, 0.6) is 5.75 Å². The lowest BCUT2D eigenvalue weighted by atomic mass is 10.1. The molecule has 0 bridgehead atoms. The lowest BCUT2D eigenvalue weighted by Crippen LogP contribution is -2.11. The van der Waals surface area contributed by atoms with E-state index in [1.54, 1.807) is 37.4 Å². The van der Waals surface area contributed by atoms with Crippen molar-refractivity contribution in [2.24, 2.45) is 0 Å². The van der Waals surface area contributed by atoms with Crippen LogP contribution in [0.3, 0.4) is 0 Å². The molecule has 4 aromatic rings. The molecule has 2 aromatic heterocycles. The summed E-state index contributed by atoms with van der Waals surface area (Å²) in [6, 6.07) is 15.8. The summed E-state index contributed by atoms with van der Waals surface area (Å²) in [5, 5.41) is 6.65. The predicted octanol–water partition coefficient (Wildman–Crippen LogP) is 4.53. The molecule has 0 aliphatic carbocycles. The van der Waals surface area contributed by atoms with Gasteiger partial charge >= 0.3 is 0 Å². The van der Waals surface area contributed by atoms with Crippen LogP contribution in [0.25, 0.3) is 16.1 Å². The van der Waals surface area contributed by atoms with Gasteiger partial charge in [0.25, 0.3) is 17.2 Å². The number of thioether (sulfide) groups is 1. The van der Waals surface area contributed by atoms with Gasteiger partial charge in [-0.2, -0.15) is 0 Å². The first-order chi connectivity index (χ1) is 16.1. The van der Waals surface area contributed by atoms with Crippen molar-refractivity contribution in [3.8, 4) is 17.0 Å². The molecule has 33 heavy (non-hydrogen) atoms. The average Bonchev–Trinajstić information content (AvgIpc) is 3.38. The van der Waals surface area contributed by atoms with Crippen LogP contribution >= 0.6 is 11.8 Å². The Morgan fingerprint density at radius 2 is 2.09 bits per heavy atom. The highest BCUT2D eigenvalue weighted by Gasteiger charge is 2.15. The number of nitrogens with zero attached hydrogens (tertiary/aromatic N) is 3. The third-order valence-corrected chi connectivity index (χ3v) is 5.49. The molecule has 0 unspecified atom stereocenters. The van der Waals surface area contributed by atoms with Crippen molar-refractivity contribution in [3.05, 3.63) is 93.9 Å². The number of hydrogen-bond donors (Lipinski definition) is 2. The van der Waals surface area contributed by atoms with Gasteiger partial charge in [0.2, 0.25) is 5.76 Å². The Kier molecular flexibility index (Phi) is 6.52. The molecule has 2 heterocycles. The molecule has 0 saturated carbocycles. The van der Waals surface area contributed by atoms with Gasteiger partial charge in [0, 0.05) is 17.5 Å². The second-order valence-corrected chi connectivity index (χ2v) is 7.70. The number of ether oxygens (including phenoxy) is 1. The summed E-state index contributed by atoms with van der Waals surface area (Å²) in [4.78, 5) is 35.2. The molecule has 10 heteroatoms. The van der Waals surface area contributed by atoms with Crippen LogP contribution in [0.4, 0.5) is 11.4 Å². The molecular weight excluding hydrogens is 442 g/mol. The van der Waals surface area contributed by atoms with E-state index in [4.69, 9.17) is 15.8 Å². The van der Waals surface area contributed by atoms with E-state index in [2.05, 4.69) is 25.3 Å². The molecule has 0 radical (unpaired) electrons. The number of rotatable bonds is 7. The van der Waals surface area contributed by atoms with E-state index in [1.165, 1.54) is 24.0 Å². The molecular formula is C23H17N5O4S. The molecule has 0 fully saturated rings. The maximum atomic E-state index is 12.5. The van der Waals surface area contributed by atoms with Crippen molar-refractivity contribution < 1.29 is 14.1 Å². The first-order valence-corrected chi connectivity index (χ1v) is 10.7. The number of amides is 1. The van der Waals surface area contributed by atoms with E-state index in [0.717, 1.165) is 5.56 Å². The molecule has 0 atom stereocenters. The van der Waals surface area contributed by atoms with E-state index in [9.17, 15) is 9.59 Å². The predicted molar refractivity (Wildman–Crippen MR) is 124 cm³/mol. The number of aromatic nitrogens is 3. The monoisotopic (exact) mass is 459 g/mol. The second kappa shape index (κ2) is 9.84. The zero-order valence-electron chi connectivity index (χ0n) is 17.4. The summed E-state index contributed by atoms with van der Waals surface area (Å²) in [5.41, 5.74) is 1.82. The largest absolute Gasteiger partial charge is 0.497 e. The van der Waals surface area contributed by atoms with Gasteiger partial charge in [-0.25, -0.2) is 9.83 Å². The molecule has 2 N–H and O–H groups in total. The first-order valence-electron chi connectivity index (χ1n) is 9.67. The van der Waals surface area contributed by atoms with E-state index in [-0.39, 0.29) is 11.4 Å². The van der Waals surface area contributed by atoms with E-state index < -0.39 is 11.5 Å². The maximum Gasteiger partial charge on any atom is 0.294 e. The highest BCUT2D eigenvalue weighted by Crippen LogP contribution is 2.30. The molecule has 0 saturated heterocycles. The Balaban J connectivity index is 1.54. The van der Waals surface area contributed by atoms with E-state index in [0.29, 0.717) is 33.6 Å². The zero-order chi connectivity index (χ0) is 23.2. The van der Waals surface area contributed by atoms with Gasteiger partial charge in [-0.1, -0.05) is 41.2 Å². The summed E-state index contributed by atoms with van der Waals surface area (Å²) >= 11 is 1.31. The van der Waals surface area contributed by atoms with Crippen molar-refractivity contribution >= 4 is 29.0 Å². The van der Waals surface area contributed by atoms with Gasteiger partial charge in [0.05, 0.1) is 25.6 Å². The van der Waals surface area contributed by atoms with Crippen molar-refractivity contribution in [2.75, 3.05) is 12.4 Å². The summed E-state index contributed by atoms with van der Waals surface area (Å²) in [6.07, 6.45) is 1.40. The van der Waals surface area contributed by atoms with Crippen molar-refractivity contribution in [1.82, 2.24) is 15.1 Å². The van der Waals surface area contributed by atoms with Gasteiger partial charge < -0.3 is 19.6 Å². The molecule has 0 spiro atoms. The highest BCUT2D eigenvalue weighted by molar-refractivity contribution is 7.98. The van der Waals surface area contributed by atoms with Gasteiger partial charge in [0.1, 0.15) is 5.75 Å². The third-order valence-electron chi connectivity index (χ3n) is 4.55. The zero-order valence-corrected chi connectivity index (χ0v) is 18.2. The molecule has 4 rings (SSSR count). The summed E-state index contributed by atoms with van der Waals surface area (Å²) < 4.78 is 10.1. The standard InChI is InChI=1S/C23H17N5O4S/c1-24-20-19(15-6-4-8-17(12-15)31-2)27-23(28-22(20)30)33-13-14-5-3-7-16(11-14)26-21(29)18-9-10-25-32-18/h3-12H,13H2,2H3,(H,26,29)(H,27,28,30). The minimum absolute atomic E-state index is 0.0790. The SMILES string of the molecule is [C-]#[N+]c1c(-c2cccc(OC)c2)nc(SCc2cccc(NC(=O)c3ccno3)c2)[nH]c1=O. The van der Waals surface area contributed by atoms with Gasteiger partial charge in [0.15, 0.2) is 5.16 Å². The number of benzene rings is 2. The number of hydrogen-bond acceptors (Lipinski definition) is 7. The van der Waals surface area contributed by atoms with Crippen molar-refractivity contribution in [2.45, 2.75) is 10.9 Å². The summed E-state index contributed by atoms with van der Waals surface area (Å²) in [5.74, 6) is 0.788. The summed E-state index contributed by atoms with van der Waals surface area (Å²) in [6.45, 7) is 7.39. The number of methoxy groups -OCH3 is 1. The van der Waals surface area contributed by atoms with Crippen LogP contribution in [0.1, 0.15) is 16.1 Å². The normalized spacial score (nSPS) is 10.4. The molecule has 1 amide bonds. The number of nitrogens with one attached hydrogen (secondary N) is 2. The van der Waals surface area contributed by atoms with Crippen LogP contribution in [-0.2, 0) is 5.75 Å². The number of anilines is 1. The fourth-order valence-corrected chi connectivity index (χ4v) is 3.81.